The molecule has 0 spiro atoms. The smallest absolute Gasteiger partial charge is 0.134 e. The van der Waals surface area contributed by atoms with Gasteiger partial charge in [0.05, 0.1) is 6.04 Å². The normalized spacial score (nSPS) is 17.2. The molecule has 1 aliphatic carbocycles. The van der Waals surface area contributed by atoms with Crippen LogP contribution >= 0.6 is 0 Å². The van der Waals surface area contributed by atoms with Gasteiger partial charge < -0.3 is 9.73 Å². The Hall–Kier alpha value is -1.61. The van der Waals surface area contributed by atoms with E-state index in [1.165, 1.54) is 24.5 Å². The van der Waals surface area contributed by atoms with Gasteiger partial charge in [-0.1, -0.05) is 6.08 Å². The van der Waals surface area contributed by atoms with Gasteiger partial charge in [-0.25, -0.2) is 4.39 Å². The summed E-state index contributed by atoms with van der Waals surface area (Å²) in [5.41, 5.74) is 3.18. The van der Waals surface area contributed by atoms with Crippen molar-refractivity contribution in [3.8, 4) is 0 Å². The third kappa shape index (κ3) is 2.27. The van der Waals surface area contributed by atoms with Gasteiger partial charge in [0.25, 0.3) is 0 Å². The minimum Gasteiger partial charge on any atom is -0.459 e. The van der Waals surface area contributed by atoms with Gasteiger partial charge in [0.1, 0.15) is 17.2 Å². The first kappa shape index (κ1) is 13.4. The maximum Gasteiger partial charge on any atom is 0.134 e. The van der Waals surface area contributed by atoms with Crippen molar-refractivity contribution < 1.29 is 8.81 Å². The number of rotatable bonds is 3. The first-order valence-corrected chi connectivity index (χ1v) is 7.25. The lowest BCUT2D eigenvalue weighted by Crippen LogP contribution is -2.20. The summed E-state index contributed by atoms with van der Waals surface area (Å²) in [5.74, 6) is 0.701. The number of fused-ring (bicyclic) bond motifs is 1. The highest BCUT2D eigenvalue weighted by Crippen LogP contribution is 2.36. The Morgan fingerprint density at radius 1 is 1.30 bits per heavy atom. The Morgan fingerprint density at radius 2 is 2.15 bits per heavy atom. The van der Waals surface area contributed by atoms with Crippen LogP contribution in [0.2, 0.25) is 0 Å². The summed E-state index contributed by atoms with van der Waals surface area (Å²) >= 11 is 0. The van der Waals surface area contributed by atoms with E-state index in [1.54, 1.807) is 12.1 Å². The Morgan fingerprint density at radius 3 is 2.85 bits per heavy atom. The van der Waals surface area contributed by atoms with Crippen LogP contribution in [0.15, 0.2) is 34.3 Å². The Bertz CT molecular complexity index is 656. The predicted molar refractivity (Wildman–Crippen MR) is 79.3 cm³/mol. The first-order chi connectivity index (χ1) is 9.70. The van der Waals surface area contributed by atoms with Gasteiger partial charge >= 0.3 is 0 Å². The van der Waals surface area contributed by atoms with Crippen LogP contribution in [-0.4, -0.2) is 7.05 Å². The van der Waals surface area contributed by atoms with Crippen molar-refractivity contribution in [2.45, 2.75) is 38.6 Å². The molecule has 1 N–H and O–H groups in total. The van der Waals surface area contributed by atoms with Crippen LogP contribution in [-0.2, 0) is 0 Å². The number of likely N-dealkylation sites (N-methyl/N-ethyl adjacent to an activating group) is 1. The molecular weight excluding hydrogens is 253 g/mol. The fourth-order valence-corrected chi connectivity index (χ4v) is 3.10. The number of halogens is 1. The van der Waals surface area contributed by atoms with Crippen molar-refractivity contribution in [3.05, 3.63) is 47.0 Å². The van der Waals surface area contributed by atoms with Crippen molar-refractivity contribution >= 4 is 11.0 Å². The van der Waals surface area contributed by atoms with E-state index in [9.17, 15) is 4.39 Å². The topological polar surface area (TPSA) is 25.2 Å². The van der Waals surface area contributed by atoms with Crippen molar-refractivity contribution in [1.82, 2.24) is 5.32 Å². The molecule has 1 atom stereocenters. The van der Waals surface area contributed by atoms with Crippen LogP contribution in [0.4, 0.5) is 4.39 Å². The SMILES string of the molecule is CNC(C1=CCCCC1)c1oc2ccc(F)cc2c1C. The maximum absolute atomic E-state index is 13.4. The first-order valence-electron chi connectivity index (χ1n) is 7.25. The largest absolute Gasteiger partial charge is 0.459 e. The average molecular weight is 273 g/mol. The molecule has 2 aromatic rings. The summed E-state index contributed by atoms with van der Waals surface area (Å²) in [6.07, 6.45) is 7.07. The second-order valence-electron chi connectivity index (χ2n) is 5.48. The molecule has 0 saturated heterocycles. The third-order valence-corrected chi connectivity index (χ3v) is 4.18. The average Bonchev–Trinajstić information content (AvgIpc) is 2.78. The molecule has 1 aliphatic rings. The highest BCUT2D eigenvalue weighted by Gasteiger charge is 2.23. The minimum atomic E-state index is -0.217. The van der Waals surface area contributed by atoms with Crippen molar-refractivity contribution in [2.75, 3.05) is 7.05 Å². The molecule has 0 saturated carbocycles. The third-order valence-electron chi connectivity index (χ3n) is 4.18. The highest BCUT2D eigenvalue weighted by molar-refractivity contribution is 5.82. The van der Waals surface area contributed by atoms with E-state index >= 15 is 0 Å². The molecule has 1 unspecified atom stereocenters. The Labute approximate surface area is 118 Å². The van der Waals surface area contributed by atoms with E-state index in [4.69, 9.17) is 4.42 Å². The van der Waals surface area contributed by atoms with Crippen molar-refractivity contribution in [2.24, 2.45) is 0 Å². The summed E-state index contributed by atoms with van der Waals surface area (Å²) in [7, 11) is 1.95. The molecule has 0 amide bonds. The number of benzene rings is 1. The number of hydrogen-bond acceptors (Lipinski definition) is 2. The fraction of sp³-hybridized carbons (Fsp3) is 0.412. The van der Waals surface area contributed by atoms with Crippen LogP contribution in [0.25, 0.3) is 11.0 Å². The van der Waals surface area contributed by atoms with Crippen LogP contribution in [0.3, 0.4) is 0 Å². The van der Waals surface area contributed by atoms with Crippen LogP contribution in [0.5, 0.6) is 0 Å². The number of allylic oxidation sites excluding steroid dienone is 1. The summed E-state index contributed by atoms with van der Waals surface area (Å²) in [5, 5.41) is 4.22. The maximum atomic E-state index is 13.4. The monoisotopic (exact) mass is 273 g/mol. The molecule has 0 fully saturated rings. The lowest BCUT2D eigenvalue weighted by atomic mass is 9.91. The van der Waals surface area contributed by atoms with Crippen molar-refractivity contribution in [1.29, 1.82) is 0 Å². The quantitative estimate of drug-likeness (QED) is 0.824. The van der Waals surface area contributed by atoms with Gasteiger partial charge in [0, 0.05) is 10.9 Å². The van der Waals surface area contributed by atoms with E-state index < -0.39 is 0 Å². The lowest BCUT2D eigenvalue weighted by molar-refractivity contribution is 0.467. The molecule has 20 heavy (non-hydrogen) atoms. The van der Waals surface area contributed by atoms with Gasteiger partial charge in [0.2, 0.25) is 0 Å². The number of nitrogens with one attached hydrogen (secondary N) is 1. The molecule has 1 aromatic carbocycles. The molecule has 0 bridgehead atoms. The van der Waals surface area contributed by atoms with Crippen LogP contribution in [0, 0.1) is 12.7 Å². The molecule has 106 valence electrons. The summed E-state index contributed by atoms with van der Waals surface area (Å²) < 4.78 is 19.4. The van der Waals surface area contributed by atoms with Crippen molar-refractivity contribution in [3.63, 3.8) is 0 Å². The van der Waals surface area contributed by atoms with Crippen LogP contribution in [0.1, 0.15) is 43.0 Å². The lowest BCUT2D eigenvalue weighted by Gasteiger charge is -2.21. The summed E-state index contributed by atoms with van der Waals surface area (Å²) in [6.45, 7) is 2.01. The van der Waals surface area contributed by atoms with Gasteiger partial charge in [-0.05, 0) is 63.4 Å². The Kier molecular flexibility index (Phi) is 3.62. The predicted octanol–water partition coefficient (Wildman–Crippen LogP) is 4.64. The van der Waals surface area contributed by atoms with E-state index in [2.05, 4.69) is 11.4 Å². The fourth-order valence-electron chi connectivity index (χ4n) is 3.10. The standard InChI is InChI=1S/C17H20FNO/c1-11-14-10-13(18)8-9-15(14)20-17(11)16(19-2)12-6-4-3-5-7-12/h6,8-10,16,19H,3-5,7H2,1-2H3. The number of hydrogen-bond donors (Lipinski definition) is 1. The molecule has 0 aliphatic heterocycles. The number of furan rings is 1. The highest BCUT2D eigenvalue weighted by atomic mass is 19.1. The van der Waals surface area contributed by atoms with Gasteiger partial charge in [-0.3, -0.25) is 0 Å². The number of aryl methyl sites for hydroxylation is 1. The zero-order chi connectivity index (χ0) is 14.1. The molecule has 1 aromatic heterocycles. The van der Waals surface area contributed by atoms with Crippen LogP contribution < -0.4 is 5.32 Å². The summed E-state index contributed by atoms with van der Waals surface area (Å²) in [4.78, 5) is 0. The van der Waals surface area contributed by atoms with E-state index in [0.29, 0.717) is 0 Å². The second kappa shape index (κ2) is 5.41. The molecule has 0 radical (unpaired) electrons. The zero-order valence-electron chi connectivity index (χ0n) is 12.0. The second-order valence-corrected chi connectivity index (χ2v) is 5.48. The van der Waals surface area contributed by atoms with Gasteiger partial charge in [-0.15, -0.1) is 0 Å². The minimum absolute atomic E-state index is 0.103. The summed E-state index contributed by atoms with van der Waals surface area (Å²) in [6, 6.07) is 4.82. The van der Waals surface area contributed by atoms with E-state index in [0.717, 1.165) is 35.1 Å². The molecule has 3 rings (SSSR count). The van der Waals surface area contributed by atoms with E-state index in [-0.39, 0.29) is 11.9 Å². The Balaban J connectivity index is 2.07. The van der Waals surface area contributed by atoms with Gasteiger partial charge in [0.15, 0.2) is 0 Å². The molecule has 3 heteroatoms. The molecular formula is C17H20FNO. The molecule has 2 nitrogen and oxygen atoms in total. The zero-order valence-corrected chi connectivity index (χ0v) is 12.0. The van der Waals surface area contributed by atoms with E-state index in [1.807, 2.05) is 14.0 Å². The van der Waals surface area contributed by atoms with Gasteiger partial charge in [-0.2, -0.15) is 0 Å². The molecule has 1 heterocycles.